The number of hydrogen-bond acceptors (Lipinski definition) is 4. The van der Waals surface area contributed by atoms with E-state index in [-0.39, 0.29) is 24.4 Å². The number of piperidine rings is 1. The molecule has 1 amide bonds. The topological polar surface area (TPSA) is 66.9 Å². The molecule has 1 heterocycles. The average Bonchev–Trinajstić information content (AvgIpc) is 2.59. The summed E-state index contributed by atoms with van der Waals surface area (Å²) in [5.41, 5.74) is 0.937. The fraction of sp³-hybridized carbons (Fsp3) is 0.588. The monoisotopic (exact) mass is 354 g/mol. The third-order valence-electron chi connectivity index (χ3n) is 4.72. The molecule has 0 radical (unpaired) electrons. The first-order valence-electron chi connectivity index (χ1n) is 8.10. The van der Waals surface area contributed by atoms with E-state index in [1.54, 1.807) is 19.1 Å². The lowest BCUT2D eigenvalue weighted by Crippen LogP contribution is -2.46. The van der Waals surface area contributed by atoms with E-state index in [0.29, 0.717) is 19.4 Å². The highest BCUT2D eigenvalue weighted by Crippen LogP contribution is 2.30. The molecule has 24 heavy (non-hydrogen) atoms. The highest BCUT2D eigenvalue weighted by Gasteiger charge is 2.33. The Morgan fingerprint density at radius 1 is 1.38 bits per heavy atom. The van der Waals surface area contributed by atoms with Gasteiger partial charge in [-0.2, -0.15) is 0 Å². The van der Waals surface area contributed by atoms with Gasteiger partial charge in [-0.05, 0) is 25.8 Å². The molecular weight excluding hydrogens is 328 g/mol. The molecule has 0 bridgehead atoms. The van der Waals surface area contributed by atoms with E-state index >= 15 is 0 Å². The molecule has 6 nitrogen and oxygen atoms in total. The van der Waals surface area contributed by atoms with Gasteiger partial charge in [-0.15, -0.1) is 0 Å². The van der Waals surface area contributed by atoms with Crippen LogP contribution in [0.1, 0.15) is 31.4 Å². The Morgan fingerprint density at radius 3 is 2.67 bits per heavy atom. The van der Waals surface area contributed by atoms with Gasteiger partial charge in [0.2, 0.25) is 15.9 Å². The summed E-state index contributed by atoms with van der Waals surface area (Å²) in [6.45, 7) is 2.71. The summed E-state index contributed by atoms with van der Waals surface area (Å²) in [7, 11) is 0.114. The van der Waals surface area contributed by atoms with Crippen LogP contribution in [-0.4, -0.2) is 57.0 Å². The van der Waals surface area contributed by atoms with Gasteiger partial charge in [0.15, 0.2) is 0 Å². The molecule has 1 saturated heterocycles. The molecule has 0 unspecified atom stereocenters. The molecule has 0 aromatic heterocycles. The maximum atomic E-state index is 12.8. The number of para-hydroxylation sites is 1. The zero-order valence-electron chi connectivity index (χ0n) is 14.7. The van der Waals surface area contributed by atoms with Gasteiger partial charge in [-0.25, -0.2) is 12.7 Å². The van der Waals surface area contributed by atoms with Gasteiger partial charge in [0.05, 0.1) is 25.3 Å². The normalized spacial score (nSPS) is 20.4. The van der Waals surface area contributed by atoms with Crippen LogP contribution >= 0.6 is 0 Å². The Morgan fingerprint density at radius 2 is 2.04 bits per heavy atom. The number of methoxy groups -OCH3 is 1. The standard InChI is InChI=1S/C17H26N2O4S/c1-13(15-9-5-6-10-16(15)23-3)18(2)17(20)14-8-7-11-19(12-14)24(4,21)22/h5-6,9-10,13-14H,7-8,11-12H2,1-4H3/t13-,14+/m0/s1. The van der Waals surface area contributed by atoms with Gasteiger partial charge in [0, 0.05) is 25.7 Å². The van der Waals surface area contributed by atoms with E-state index in [2.05, 4.69) is 0 Å². The van der Waals surface area contributed by atoms with Crippen molar-refractivity contribution in [3.05, 3.63) is 29.8 Å². The Labute approximate surface area is 144 Å². The Bertz CT molecular complexity index is 690. The van der Waals surface area contributed by atoms with Crippen LogP contribution in [-0.2, 0) is 14.8 Å². The molecule has 0 N–H and O–H groups in total. The largest absolute Gasteiger partial charge is 0.496 e. The lowest BCUT2D eigenvalue weighted by atomic mass is 9.96. The summed E-state index contributed by atoms with van der Waals surface area (Å²) in [5, 5.41) is 0. The van der Waals surface area contributed by atoms with Crippen LogP contribution < -0.4 is 4.74 Å². The van der Waals surface area contributed by atoms with Crippen molar-refractivity contribution >= 4 is 15.9 Å². The minimum absolute atomic E-state index is 0.0262. The summed E-state index contributed by atoms with van der Waals surface area (Å²) in [6, 6.07) is 7.47. The average molecular weight is 354 g/mol. The van der Waals surface area contributed by atoms with E-state index < -0.39 is 10.0 Å². The summed E-state index contributed by atoms with van der Waals surface area (Å²) in [5.74, 6) is 0.420. The predicted octanol–water partition coefficient (Wildman–Crippen LogP) is 1.89. The maximum absolute atomic E-state index is 12.8. The smallest absolute Gasteiger partial charge is 0.227 e. The predicted molar refractivity (Wildman–Crippen MR) is 93.3 cm³/mol. The highest BCUT2D eigenvalue weighted by atomic mass is 32.2. The molecule has 1 aliphatic rings. The summed E-state index contributed by atoms with van der Waals surface area (Å²) in [4.78, 5) is 14.5. The van der Waals surface area contributed by atoms with E-state index in [0.717, 1.165) is 11.3 Å². The van der Waals surface area contributed by atoms with Crippen molar-refractivity contribution in [2.45, 2.75) is 25.8 Å². The van der Waals surface area contributed by atoms with Crippen LogP contribution in [0.3, 0.4) is 0 Å². The van der Waals surface area contributed by atoms with Crippen molar-refractivity contribution in [3.63, 3.8) is 0 Å². The molecule has 0 spiro atoms. The Balaban J connectivity index is 2.14. The fourth-order valence-corrected chi connectivity index (χ4v) is 4.06. The van der Waals surface area contributed by atoms with Gasteiger partial charge < -0.3 is 9.64 Å². The number of rotatable bonds is 5. The van der Waals surface area contributed by atoms with Crippen LogP contribution in [0.2, 0.25) is 0 Å². The number of hydrogen-bond donors (Lipinski definition) is 0. The Kier molecular flexibility index (Phi) is 5.87. The second-order valence-electron chi connectivity index (χ2n) is 6.33. The third-order valence-corrected chi connectivity index (χ3v) is 5.99. The summed E-state index contributed by atoms with van der Waals surface area (Å²) in [6.07, 6.45) is 2.62. The number of nitrogens with zero attached hydrogens (tertiary/aromatic N) is 2. The number of carbonyl (C=O) groups is 1. The lowest BCUT2D eigenvalue weighted by Gasteiger charge is -2.34. The molecule has 134 valence electrons. The van der Waals surface area contributed by atoms with Crippen molar-refractivity contribution < 1.29 is 17.9 Å². The number of carbonyl (C=O) groups excluding carboxylic acids is 1. The van der Waals surface area contributed by atoms with Crippen molar-refractivity contribution in [2.75, 3.05) is 33.5 Å². The van der Waals surface area contributed by atoms with Crippen molar-refractivity contribution in [1.82, 2.24) is 9.21 Å². The molecule has 1 aliphatic heterocycles. The first kappa shape index (κ1) is 18.7. The van der Waals surface area contributed by atoms with Crippen molar-refractivity contribution in [3.8, 4) is 5.75 Å². The van der Waals surface area contributed by atoms with Gasteiger partial charge in [0.1, 0.15) is 5.75 Å². The van der Waals surface area contributed by atoms with Gasteiger partial charge >= 0.3 is 0 Å². The van der Waals surface area contributed by atoms with E-state index in [4.69, 9.17) is 4.74 Å². The number of benzene rings is 1. The second kappa shape index (κ2) is 7.53. The molecule has 2 rings (SSSR count). The molecule has 1 aromatic carbocycles. The SMILES string of the molecule is COc1ccccc1[C@H](C)N(C)C(=O)[C@@H]1CCCN(S(C)(=O)=O)C1. The maximum Gasteiger partial charge on any atom is 0.227 e. The van der Waals surface area contributed by atoms with Gasteiger partial charge in [0.25, 0.3) is 0 Å². The van der Waals surface area contributed by atoms with Crippen LogP contribution in [0.4, 0.5) is 0 Å². The minimum atomic E-state index is -3.26. The fourth-order valence-electron chi connectivity index (χ4n) is 3.14. The van der Waals surface area contributed by atoms with E-state index in [1.165, 1.54) is 10.6 Å². The van der Waals surface area contributed by atoms with Gasteiger partial charge in [-0.3, -0.25) is 4.79 Å². The first-order valence-corrected chi connectivity index (χ1v) is 9.95. The Hall–Kier alpha value is -1.60. The van der Waals surface area contributed by atoms with Crippen molar-refractivity contribution in [1.29, 1.82) is 0 Å². The number of ether oxygens (including phenoxy) is 1. The minimum Gasteiger partial charge on any atom is -0.496 e. The molecule has 7 heteroatoms. The van der Waals surface area contributed by atoms with E-state index in [9.17, 15) is 13.2 Å². The molecule has 0 aliphatic carbocycles. The molecule has 0 saturated carbocycles. The summed E-state index contributed by atoms with van der Waals surface area (Å²) < 4.78 is 30.3. The quantitative estimate of drug-likeness (QED) is 0.810. The molecule has 2 atom stereocenters. The second-order valence-corrected chi connectivity index (χ2v) is 8.31. The third kappa shape index (κ3) is 4.08. The summed E-state index contributed by atoms with van der Waals surface area (Å²) >= 11 is 0. The molecule has 1 fully saturated rings. The van der Waals surface area contributed by atoms with Crippen LogP contribution in [0.15, 0.2) is 24.3 Å². The number of amides is 1. The van der Waals surface area contributed by atoms with Gasteiger partial charge in [-0.1, -0.05) is 18.2 Å². The van der Waals surface area contributed by atoms with Crippen molar-refractivity contribution in [2.24, 2.45) is 5.92 Å². The first-order chi connectivity index (χ1) is 11.3. The molecule has 1 aromatic rings. The molecular formula is C17H26N2O4S. The number of sulfonamides is 1. The highest BCUT2D eigenvalue weighted by molar-refractivity contribution is 7.88. The zero-order chi connectivity index (χ0) is 17.9. The zero-order valence-corrected chi connectivity index (χ0v) is 15.5. The van der Waals surface area contributed by atoms with E-state index in [1.807, 2.05) is 31.2 Å². The van der Waals surface area contributed by atoms with Crippen LogP contribution in [0.25, 0.3) is 0 Å². The van der Waals surface area contributed by atoms with Crippen LogP contribution in [0.5, 0.6) is 5.75 Å². The lowest BCUT2D eigenvalue weighted by molar-refractivity contribution is -0.137. The van der Waals surface area contributed by atoms with Crippen LogP contribution in [0, 0.1) is 5.92 Å².